The van der Waals surface area contributed by atoms with Gasteiger partial charge in [0.05, 0.1) is 11.1 Å². The molecule has 0 radical (unpaired) electrons. The molecular weight excluding hydrogens is 482 g/mol. The molecule has 202 valence electrons. The summed E-state index contributed by atoms with van der Waals surface area (Å²) in [5.41, 5.74) is 6.95. The van der Waals surface area contributed by atoms with Gasteiger partial charge in [0, 0.05) is 6.54 Å². The van der Waals surface area contributed by atoms with Crippen LogP contribution in [0.4, 0.5) is 0 Å². The number of halogens is 1. The first-order chi connectivity index (χ1) is 16.8. The number of carbonyl (C=O) groups is 2. The summed E-state index contributed by atoms with van der Waals surface area (Å²) < 4.78 is 0. The maximum Gasteiger partial charge on any atom is 0.336 e. The minimum atomic E-state index is -1.14. The van der Waals surface area contributed by atoms with Crippen LogP contribution in [0.5, 0.6) is 0 Å². The van der Waals surface area contributed by atoms with Gasteiger partial charge < -0.3 is 21.3 Å². The Morgan fingerprint density at radius 2 is 1.50 bits per heavy atom. The highest BCUT2D eigenvalue weighted by molar-refractivity contribution is 6.03. The number of nitrogens with two attached hydrogens (primary N) is 1. The molecule has 0 spiro atoms. The fourth-order valence-electron chi connectivity index (χ4n) is 5.21. The van der Waals surface area contributed by atoms with E-state index in [4.69, 9.17) is 16.6 Å². The molecule has 8 N–H and O–H groups in total. The fraction of sp³-hybridized carbons (Fsp3) is 0.615. The third-order valence-electron chi connectivity index (χ3n) is 6.87. The smallest absolute Gasteiger partial charge is 0.336 e. The summed E-state index contributed by atoms with van der Waals surface area (Å²) in [6, 6.07) is 3.43. The van der Waals surface area contributed by atoms with Crippen molar-refractivity contribution in [3.05, 3.63) is 34.4 Å². The highest BCUT2D eigenvalue weighted by atomic mass is 35.5. The third kappa shape index (κ3) is 9.33. The average molecular weight is 524 g/mol. The summed E-state index contributed by atoms with van der Waals surface area (Å²) in [7, 11) is 0. The number of aromatic carboxylic acids is 2. The Morgan fingerprint density at radius 1 is 0.944 bits per heavy atom. The number of benzene rings is 1. The molecular formula is C26H42ClN5O4. The molecule has 0 unspecified atom stereocenters. The predicted molar refractivity (Wildman–Crippen MR) is 145 cm³/mol. The van der Waals surface area contributed by atoms with Gasteiger partial charge in [-0.25, -0.2) is 9.59 Å². The van der Waals surface area contributed by atoms with Crippen molar-refractivity contribution in [1.82, 2.24) is 10.6 Å². The normalized spacial score (nSPS) is 16.0. The van der Waals surface area contributed by atoms with Crippen LogP contribution < -0.4 is 16.4 Å². The van der Waals surface area contributed by atoms with Gasteiger partial charge >= 0.3 is 11.9 Å². The molecule has 1 aromatic rings. The Morgan fingerprint density at radius 3 is 1.97 bits per heavy atom. The van der Waals surface area contributed by atoms with Crippen molar-refractivity contribution in [2.45, 2.75) is 95.8 Å². The minimum Gasteiger partial charge on any atom is -0.478 e. The van der Waals surface area contributed by atoms with Crippen molar-refractivity contribution < 1.29 is 19.8 Å². The van der Waals surface area contributed by atoms with Crippen molar-refractivity contribution in [2.75, 3.05) is 6.54 Å². The highest BCUT2D eigenvalue weighted by Crippen LogP contribution is 2.43. The van der Waals surface area contributed by atoms with Gasteiger partial charge in [0.25, 0.3) is 0 Å². The summed E-state index contributed by atoms with van der Waals surface area (Å²) in [4.78, 5) is 23.5. The van der Waals surface area contributed by atoms with Crippen LogP contribution in [-0.4, -0.2) is 40.6 Å². The number of hydrogen-bond acceptors (Lipinski definition) is 4. The lowest BCUT2D eigenvalue weighted by Crippen LogP contribution is -2.43. The van der Waals surface area contributed by atoms with Crippen LogP contribution >= 0.6 is 12.4 Å². The SMILES string of the molecule is CCCCNC(=N)NC(=N)N.Cl.O=C(O)c1ccc(C2CCCCC2)c(C2CCCCC2)c1C(=O)O. The van der Waals surface area contributed by atoms with Gasteiger partial charge in [-0.1, -0.05) is 57.9 Å². The average Bonchev–Trinajstić information content (AvgIpc) is 2.84. The monoisotopic (exact) mass is 523 g/mol. The number of unbranched alkanes of at least 4 members (excludes halogenated alkanes) is 1. The molecule has 0 heterocycles. The van der Waals surface area contributed by atoms with Crippen LogP contribution in [0.25, 0.3) is 0 Å². The van der Waals surface area contributed by atoms with Gasteiger partial charge in [0.1, 0.15) is 0 Å². The highest BCUT2D eigenvalue weighted by Gasteiger charge is 2.31. The van der Waals surface area contributed by atoms with Crippen LogP contribution in [-0.2, 0) is 0 Å². The quantitative estimate of drug-likeness (QED) is 0.142. The van der Waals surface area contributed by atoms with Crippen molar-refractivity contribution in [3.63, 3.8) is 0 Å². The molecule has 36 heavy (non-hydrogen) atoms. The molecule has 0 atom stereocenters. The molecule has 1 aromatic carbocycles. The molecule has 10 heteroatoms. The summed E-state index contributed by atoms with van der Waals surface area (Å²) in [5, 5.41) is 38.3. The number of guanidine groups is 2. The predicted octanol–water partition coefficient (Wildman–Crippen LogP) is 5.39. The Bertz CT molecular complexity index is 897. The van der Waals surface area contributed by atoms with Crippen molar-refractivity contribution in [3.8, 4) is 0 Å². The number of rotatable bonds is 7. The molecule has 0 bridgehead atoms. The zero-order valence-corrected chi connectivity index (χ0v) is 22.0. The lowest BCUT2D eigenvalue weighted by Gasteiger charge is -2.31. The largest absolute Gasteiger partial charge is 0.478 e. The van der Waals surface area contributed by atoms with E-state index >= 15 is 0 Å². The topological polar surface area (TPSA) is 172 Å². The van der Waals surface area contributed by atoms with Crippen LogP contribution in [0.2, 0.25) is 0 Å². The van der Waals surface area contributed by atoms with Gasteiger partial charge in [-0.2, -0.15) is 0 Å². The third-order valence-corrected chi connectivity index (χ3v) is 6.87. The Hall–Kier alpha value is -2.81. The second-order valence-corrected chi connectivity index (χ2v) is 9.47. The lowest BCUT2D eigenvalue weighted by molar-refractivity contribution is 0.0649. The first-order valence-corrected chi connectivity index (χ1v) is 12.8. The number of carboxylic acids is 2. The van der Waals surface area contributed by atoms with Gasteiger partial charge in [0.2, 0.25) is 0 Å². The lowest BCUT2D eigenvalue weighted by atomic mass is 9.73. The van der Waals surface area contributed by atoms with Gasteiger partial charge in [-0.05, 0) is 61.1 Å². The Balaban J connectivity index is 0.000000462. The van der Waals surface area contributed by atoms with Crippen molar-refractivity contribution in [2.24, 2.45) is 5.73 Å². The van der Waals surface area contributed by atoms with Gasteiger partial charge in [0.15, 0.2) is 11.9 Å². The second kappa shape index (κ2) is 16.0. The molecule has 0 saturated heterocycles. The molecule has 0 amide bonds. The minimum absolute atomic E-state index is 0. The van der Waals surface area contributed by atoms with E-state index < -0.39 is 11.9 Å². The Labute approximate surface area is 220 Å². The van der Waals surface area contributed by atoms with E-state index in [2.05, 4.69) is 17.6 Å². The number of hydrogen-bond donors (Lipinski definition) is 7. The van der Waals surface area contributed by atoms with E-state index in [1.807, 2.05) is 6.07 Å². The zero-order chi connectivity index (χ0) is 25.8. The van der Waals surface area contributed by atoms with E-state index in [1.54, 1.807) is 0 Å². The van der Waals surface area contributed by atoms with E-state index in [1.165, 1.54) is 31.7 Å². The van der Waals surface area contributed by atoms with Gasteiger partial charge in [-0.15, -0.1) is 12.4 Å². The molecule has 9 nitrogen and oxygen atoms in total. The molecule has 2 fully saturated rings. The first kappa shape index (κ1) is 31.2. The van der Waals surface area contributed by atoms with E-state index in [9.17, 15) is 19.8 Å². The molecule has 0 aromatic heterocycles. The van der Waals surface area contributed by atoms with E-state index in [0.717, 1.165) is 69.0 Å². The molecule has 3 rings (SSSR count). The molecule has 2 aliphatic rings. The Kier molecular flexibility index (Phi) is 13.9. The fourth-order valence-corrected chi connectivity index (χ4v) is 5.21. The van der Waals surface area contributed by atoms with Gasteiger partial charge in [-0.3, -0.25) is 16.1 Å². The van der Waals surface area contributed by atoms with E-state index in [-0.39, 0.29) is 41.4 Å². The molecule has 2 aliphatic carbocycles. The number of nitrogens with one attached hydrogen (secondary N) is 4. The van der Waals surface area contributed by atoms with Crippen LogP contribution in [0.1, 0.15) is 128 Å². The van der Waals surface area contributed by atoms with Crippen molar-refractivity contribution >= 4 is 36.3 Å². The number of carboxylic acid groups (broad SMARTS) is 2. The second-order valence-electron chi connectivity index (χ2n) is 9.47. The first-order valence-electron chi connectivity index (χ1n) is 12.8. The maximum atomic E-state index is 12.0. The molecule has 2 saturated carbocycles. The zero-order valence-electron chi connectivity index (χ0n) is 21.2. The van der Waals surface area contributed by atoms with Crippen LogP contribution in [0, 0.1) is 10.8 Å². The standard InChI is InChI=1S/C20H26O4.C6H15N5.ClH/c21-19(22)16-12-11-15(13-7-3-1-4-8-13)17(18(16)20(23)24)14-9-5-2-6-10-14;1-2-3-4-10-6(9)11-5(7)8;/h11-14H,1-10H2,(H,21,22)(H,23,24);2-4H2,1H3,(H6,7,8,9,10,11);1H. The van der Waals surface area contributed by atoms with E-state index in [0.29, 0.717) is 5.92 Å². The van der Waals surface area contributed by atoms with Crippen molar-refractivity contribution in [1.29, 1.82) is 10.8 Å². The maximum absolute atomic E-state index is 12.0. The summed E-state index contributed by atoms with van der Waals surface area (Å²) in [5.74, 6) is -1.77. The summed E-state index contributed by atoms with van der Waals surface area (Å²) in [6.45, 7) is 2.82. The van der Waals surface area contributed by atoms with Crippen LogP contribution in [0.3, 0.4) is 0 Å². The van der Waals surface area contributed by atoms with Crippen LogP contribution in [0.15, 0.2) is 12.1 Å². The summed E-state index contributed by atoms with van der Waals surface area (Å²) in [6.07, 6.45) is 13.2. The summed E-state index contributed by atoms with van der Waals surface area (Å²) >= 11 is 0. The molecule has 0 aliphatic heterocycles.